The van der Waals surface area contributed by atoms with Crippen molar-refractivity contribution in [3.05, 3.63) is 65.0 Å². The molecule has 0 unspecified atom stereocenters. The Balaban J connectivity index is 1.07. The highest BCUT2D eigenvalue weighted by molar-refractivity contribution is 7.90. The van der Waals surface area contributed by atoms with Crippen LogP contribution in [0.3, 0.4) is 0 Å². The number of oxazole rings is 1. The summed E-state index contributed by atoms with van der Waals surface area (Å²) < 4.78 is 60.3. The van der Waals surface area contributed by atoms with Crippen LogP contribution in [-0.4, -0.2) is 55.8 Å². The zero-order valence-corrected chi connectivity index (χ0v) is 25.1. The topological polar surface area (TPSA) is 111 Å². The number of benzene rings is 3. The molecule has 3 heterocycles. The van der Waals surface area contributed by atoms with Crippen molar-refractivity contribution in [2.24, 2.45) is 5.92 Å². The minimum Gasteiger partial charge on any atom is -0.486 e. The number of carbonyl (C=O) groups is 1. The van der Waals surface area contributed by atoms with Crippen LogP contribution >= 0.6 is 0 Å². The monoisotopic (exact) mass is 617 g/mol. The van der Waals surface area contributed by atoms with E-state index < -0.39 is 27.1 Å². The van der Waals surface area contributed by atoms with Gasteiger partial charge in [0.2, 0.25) is 21.8 Å². The average Bonchev–Trinajstić information content (AvgIpc) is 3.41. The van der Waals surface area contributed by atoms with E-state index in [0.717, 1.165) is 40.0 Å². The van der Waals surface area contributed by atoms with Crippen LogP contribution in [0.2, 0.25) is 0 Å². The largest absolute Gasteiger partial charge is 0.486 e. The molecule has 1 amide bonds. The third-order valence-electron chi connectivity index (χ3n) is 9.44. The van der Waals surface area contributed by atoms with Gasteiger partial charge in [-0.15, -0.1) is 0 Å². The zero-order valence-electron chi connectivity index (χ0n) is 24.3. The summed E-state index contributed by atoms with van der Waals surface area (Å²) in [5.41, 5.74) is 5.77. The molecule has 0 bridgehead atoms. The van der Waals surface area contributed by atoms with Crippen molar-refractivity contribution in [1.82, 2.24) is 14.6 Å². The molecule has 1 N–H and O–H groups in total. The fourth-order valence-corrected chi connectivity index (χ4v) is 8.30. The molecular weight excluding hydrogens is 585 g/mol. The van der Waals surface area contributed by atoms with Crippen LogP contribution in [0.5, 0.6) is 11.5 Å². The normalized spacial score (nSPS) is 21.5. The van der Waals surface area contributed by atoms with E-state index >= 15 is 4.39 Å². The van der Waals surface area contributed by atoms with Gasteiger partial charge in [0.1, 0.15) is 18.7 Å². The van der Waals surface area contributed by atoms with E-state index in [0.29, 0.717) is 74.7 Å². The fraction of sp³-hybridized carbons (Fsp3) is 0.394. The predicted molar refractivity (Wildman–Crippen MR) is 161 cm³/mol. The highest BCUT2D eigenvalue weighted by Gasteiger charge is 2.41. The molecule has 2 atom stereocenters. The molecular formula is C33H32FN3O6S. The number of rotatable bonds is 6. The van der Waals surface area contributed by atoms with Crippen molar-refractivity contribution in [3.63, 3.8) is 0 Å². The number of halogens is 1. The molecule has 4 aliphatic rings. The Bertz CT molecular complexity index is 1940. The molecule has 8 rings (SSSR count). The molecule has 2 fully saturated rings. The van der Waals surface area contributed by atoms with Crippen LogP contribution in [0.1, 0.15) is 48.4 Å². The first-order chi connectivity index (χ1) is 21.3. The van der Waals surface area contributed by atoms with Crippen LogP contribution in [0.4, 0.5) is 4.39 Å². The smallest absolute Gasteiger partial charge is 0.237 e. The maximum Gasteiger partial charge on any atom is 0.237 e. The fourth-order valence-electron chi connectivity index (χ4n) is 6.93. The number of ether oxygens (including phenoxy) is 2. The lowest BCUT2D eigenvalue weighted by Crippen LogP contribution is -2.38. The first-order valence-electron chi connectivity index (χ1n) is 15.2. The first-order valence-corrected chi connectivity index (χ1v) is 16.7. The van der Waals surface area contributed by atoms with E-state index in [4.69, 9.17) is 18.9 Å². The van der Waals surface area contributed by atoms with Gasteiger partial charge in [-0.05, 0) is 97.7 Å². The molecule has 44 heavy (non-hydrogen) atoms. The number of likely N-dealkylation sites (tertiary alicyclic amines) is 1. The lowest BCUT2D eigenvalue weighted by Gasteiger charge is -2.24. The SMILES string of the molecule is Cc1c(-c2ccc3c(c2)OCCO3)cccc1-c1nc2cc3c(c(F)c2o1)CC[C@H]3N1CC[C@@H](C(=O)NS(=O)(=O)C2CC2)C1. The first kappa shape index (κ1) is 27.6. The van der Waals surface area contributed by atoms with Gasteiger partial charge >= 0.3 is 0 Å². The molecule has 2 aliphatic carbocycles. The van der Waals surface area contributed by atoms with E-state index in [-0.39, 0.29) is 17.4 Å². The Morgan fingerprint density at radius 1 is 1.02 bits per heavy atom. The summed E-state index contributed by atoms with van der Waals surface area (Å²) in [5.74, 6) is 0.552. The van der Waals surface area contributed by atoms with Crippen molar-refractivity contribution in [2.45, 2.75) is 50.3 Å². The quantitative estimate of drug-likeness (QED) is 0.311. The molecule has 0 spiro atoms. The number of amides is 1. The van der Waals surface area contributed by atoms with Gasteiger partial charge < -0.3 is 13.9 Å². The van der Waals surface area contributed by atoms with E-state index in [9.17, 15) is 13.2 Å². The number of sulfonamides is 1. The maximum absolute atomic E-state index is 15.9. The Morgan fingerprint density at radius 2 is 1.82 bits per heavy atom. The van der Waals surface area contributed by atoms with Crippen molar-refractivity contribution < 1.29 is 31.5 Å². The van der Waals surface area contributed by atoms with Gasteiger partial charge in [-0.1, -0.05) is 18.2 Å². The van der Waals surface area contributed by atoms with E-state index in [2.05, 4.69) is 9.62 Å². The minimum absolute atomic E-state index is 0.0674. The summed E-state index contributed by atoms with van der Waals surface area (Å²) in [6.07, 6.45) is 3.05. The Morgan fingerprint density at radius 3 is 2.64 bits per heavy atom. The van der Waals surface area contributed by atoms with E-state index in [1.165, 1.54) is 0 Å². The van der Waals surface area contributed by atoms with Crippen molar-refractivity contribution in [1.29, 1.82) is 0 Å². The Kier molecular flexibility index (Phi) is 6.46. The van der Waals surface area contributed by atoms with Gasteiger partial charge in [0.05, 0.1) is 11.2 Å². The van der Waals surface area contributed by atoms with E-state index in [1.54, 1.807) is 0 Å². The number of carbonyl (C=O) groups excluding carboxylic acids is 1. The molecule has 9 nitrogen and oxygen atoms in total. The zero-order chi connectivity index (χ0) is 30.2. The molecule has 4 aromatic rings. The highest BCUT2D eigenvalue weighted by Crippen LogP contribution is 2.44. The van der Waals surface area contributed by atoms with Crippen LogP contribution in [0.15, 0.2) is 46.9 Å². The van der Waals surface area contributed by atoms with Crippen LogP contribution < -0.4 is 14.2 Å². The van der Waals surface area contributed by atoms with E-state index in [1.807, 2.05) is 49.4 Å². The molecule has 1 saturated heterocycles. The minimum atomic E-state index is -3.58. The molecule has 228 valence electrons. The van der Waals surface area contributed by atoms with Crippen molar-refractivity contribution >= 4 is 27.0 Å². The third-order valence-corrected chi connectivity index (χ3v) is 11.3. The number of hydrogen-bond acceptors (Lipinski definition) is 8. The second-order valence-corrected chi connectivity index (χ2v) is 14.2. The lowest BCUT2D eigenvalue weighted by atomic mass is 9.96. The number of fused-ring (bicyclic) bond motifs is 3. The number of nitrogens with zero attached hydrogens (tertiary/aromatic N) is 2. The van der Waals surface area contributed by atoms with Crippen LogP contribution in [0, 0.1) is 18.7 Å². The number of hydrogen-bond donors (Lipinski definition) is 1. The second kappa shape index (κ2) is 10.3. The molecule has 0 radical (unpaired) electrons. The van der Waals surface area contributed by atoms with Crippen LogP contribution in [-0.2, 0) is 21.2 Å². The predicted octanol–water partition coefficient (Wildman–Crippen LogP) is 5.30. The number of nitrogens with one attached hydrogen (secondary N) is 1. The summed E-state index contributed by atoms with van der Waals surface area (Å²) in [5, 5.41) is -0.442. The van der Waals surface area contributed by atoms with Crippen molar-refractivity contribution in [2.75, 3.05) is 26.3 Å². The molecule has 11 heteroatoms. The second-order valence-electron chi connectivity index (χ2n) is 12.2. The highest BCUT2D eigenvalue weighted by atomic mass is 32.2. The Hall–Kier alpha value is -3.96. The standard InChI is InChI=1S/C33H32FN3O6S/c1-18-22(19-5-10-28-29(15-19)42-14-13-41-28)3-2-4-23(18)33-35-26-16-25-24(30(34)31(26)43-33)8-9-27(25)37-12-11-20(17-37)32(38)36-44(39,40)21-6-7-21/h2-5,10,15-16,20-21,27H,6-9,11-14,17H2,1H3,(H,36,38)/t20-,27-/m1/s1. The summed E-state index contributed by atoms with van der Waals surface area (Å²) in [6, 6.07) is 13.6. The van der Waals surface area contributed by atoms with Crippen molar-refractivity contribution in [3.8, 4) is 34.1 Å². The van der Waals surface area contributed by atoms with Gasteiger partial charge in [-0.3, -0.25) is 14.4 Å². The van der Waals surface area contributed by atoms with Gasteiger partial charge in [0, 0.05) is 18.2 Å². The summed E-state index contributed by atoms with van der Waals surface area (Å²) in [6.45, 7) is 4.11. The van der Waals surface area contributed by atoms with Crippen LogP contribution in [0.25, 0.3) is 33.7 Å². The van der Waals surface area contributed by atoms with Gasteiger partial charge in [-0.25, -0.2) is 17.8 Å². The Labute approximate surface area is 254 Å². The molecule has 3 aromatic carbocycles. The summed E-state index contributed by atoms with van der Waals surface area (Å²) in [7, 11) is -3.58. The molecule has 1 saturated carbocycles. The van der Waals surface area contributed by atoms with Gasteiger partial charge in [-0.2, -0.15) is 0 Å². The summed E-state index contributed by atoms with van der Waals surface area (Å²) >= 11 is 0. The van der Waals surface area contributed by atoms with Gasteiger partial charge in [0.25, 0.3) is 0 Å². The third kappa shape index (κ3) is 4.64. The lowest BCUT2D eigenvalue weighted by molar-refractivity contribution is -0.122. The van der Waals surface area contributed by atoms with Gasteiger partial charge in [0.15, 0.2) is 22.9 Å². The molecule has 2 aliphatic heterocycles. The maximum atomic E-state index is 15.9. The average molecular weight is 618 g/mol. The number of aromatic nitrogens is 1. The summed E-state index contributed by atoms with van der Waals surface area (Å²) in [4.78, 5) is 19.7. The molecule has 1 aromatic heterocycles.